The quantitative estimate of drug-likeness (QED) is 0.422. The first-order valence-corrected chi connectivity index (χ1v) is 5.24. The predicted molar refractivity (Wildman–Crippen MR) is 50.3 cm³/mol. The molecule has 0 bridgehead atoms. The molecule has 6 N–H and O–H groups in total. The van der Waals surface area contributed by atoms with Crippen molar-refractivity contribution in [2.45, 2.75) is 6.61 Å². The first-order chi connectivity index (χ1) is 6.34. The van der Waals surface area contributed by atoms with E-state index in [1.807, 2.05) is 0 Å². The van der Waals surface area contributed by atoms with Gasteiger partial charge in [0.05, 0.1) is 6.61 Å². The number of aliphatic hydroxyl groups excluding tert-OH is 1. The summed E-state index contributed by atoms with van der Waals surface area (Å²) in [5.41, 5.74) is 4.59. The molecule has 0 unspecified atom stereocenters. The first kappa shape index (κ1) is 13.1. The highest BCUT2D eigenvalue weighted by Crippen LogP contribution is 2.20. The van der Waals surface area contributed by atoms with Crippen molar-refractivity contribution in [2.24, 2.45) is 5.50 Å². The molecule has 1 aromatic rings. The van der Waals surface area contributed by atoms with Gasteiger partial charge in [0, 0.05) is 5.56 Å². The highest BCUT2D eigenvalue weighted by molar-refractivity contribution is 7.49. The fraction of sp³-hybridized carbons (Fsp3) is 0.143. The van der Waals surface area contributed by atoms with Crippen LogP contribution in [0.4, 0.5) is 0 Å². The second-order valence-electron chi connectivity index (χ2n) is 2.38. The zero-order valence-corrected chi connectivity index (χ0v) is 8.13. The van der Waals surface area contributed by atoms with Crippen LogP contribution in [0.3, 0.4) is 0 Å². The minimum atomic E-state index is -4.14. The number of rotatable bonds is 1. The lowest BCUT2D eigenvalue weighted by Crippen LogP contribution is -1.87. The number of hydrogen-bond acceptors (Lipinski definition) is 3. The molecule has 1 aromatic carbocycles. The molecule has 80 valence electrons. The van der Waals surface area contributed by atoms with Gasteiger partial charge in [0.25, 0.3) is 0 Å². The number of aliphatic hydroxyl groups is 1. The molecule has 0 saturated heterocycles. The number of para-hydroxylation sites is 1. The third kappa shape index (κ3) is 7.72. The Balaban J connectivity index is 0.000000292. The van der Waals surface area contributed by atoms with E-state index in [1.165, 1.54) is 0 Å². The van der Waals surface area contributed by atoms with Gasteiger partial charge in [0.15, 0.2) is 0 Å². The van der Waals surface area contributed by atoms with Crippen molar-refractivity contribution < 1.29 is 24.6 Å². The lowest BCUT2D eigenvalue weighted by molar-refractivity contribution is 0.275. The Morgan fingerprint density at radius 1 is 1.29 bits per heavy atom. The highest BCUT2D eigenvalue weighted by Gasteiger charge is 1.96. The third-order valence-corrected chi connectivity index (χ3v) is 1.16. The summed E-state index contributed by atoms with van der Waals surface area (Å²) in [4.78, 5) is 14.8. The van der Waals surface area contributed by atoms with E-state index in [1.54, 1.807) is 24.3 Å². The Morgan fingerprint density at radius 3 is 2.00 bits per heavy atom. The molecule has 7 heteroatoms. The van der Waals surface area contributed by atoms with Crippen LogP contribution in [-0.2, 0) is 11.2 Å². The average molecular weight is 221 g/mol. The van der Waals surface area contributed by atoms with Crippen molar-refractivity contribution in [3.63, 3.8) is 0 Å². The Kier molecular flexibility index (Phi) is 5.37. The maximum Gasteiger partial charge on any atom is 0.397 e. The van der Waals surface area contributed by atoms with Crippen LogP contribution in [0, 0.1) is 0 Å². The molecule has 6 nitrogen and oxygen atoms in total. The summed E-state index contributed by atoms with van der Waals surface area (Å²) in [5, 5.41) is 17.5. The van der Waals surface area contributed by atoms with E-state index in [0.29, 0.717) is 5.56 Å². The van der Waals surface area contributed by atoms with E-state index >= 15 is 0 Å². The molecule has 0 spiro atoms. The van der Waals surface area contributed by atoms with Gasteiger partial charge in [-0.1, -0.05) is 18.2 Å². The molecular formula is C7H12NO5P. The van der Waals surface area contributed by atoms with Gasteiger partial charge in [-0.05, 0) is 6.07 Å². The monoisotopic (exact) mass is 221 g/mol. The van der Waals surface area contributed by atoms with Gasteiger partial charge >= 0.3 is 7.75 Å². The Morgan fingerprint density at radius 2 is 1.71 bits per heavy atom. The molecule has 0 amide bonds. The second kappa shape index (κ2) is 5.74. The standard InChI is InChI=1S/C7H8O2.H4NO3P/c8-5-6-3-1-2-4-7(6)9;1-5(2,3)4/h1-4,8-9H,5H2;(H4,1,2,3,4). The minimum Gasteiger partial charge on any atom is -0.508 e. The zero-order valence-electron chi connectivity index (χ0n) is 7.24. The van der Waals surface area contributed by atoms with E-state index in [2.05, 4.69) is 5.50 Å². The largest absolute Gasteiger partial charge is 0.508 e. The van der Waals surface area contributed by atoms with Crippen LogP contribution in [0.15, 0.2) is 24.3 Å². The summed E-state index contributed by atoms with van der Waals surface area (Å²) < 4.78 is 9.10. The van der Waals surface area contributed by atoms with E-state index in [0.717, 1.165) is 0 Å². The van der Waals surface area contributed by atoms with Crippen LogP contribution in [-0.4, -0.2) is 20.0 Å². The fourth-order valence-corrected chi connectivity index (χ4v) is 0.645. The van der Waals surface area contributed by atoms with Crippen LogP contribution >= 0.6 is 7.75 Å². The van der Waals surface area contributed by atoms with Crippen LogP contribution in [0.5, 0.6) is 5.75 Å². The van der Waals surface area contributed by atoms with Crippen LogP contribution in [0.1, 0.15) is 5.56 Å². The fourth-order valence-electron chi connectivity index (χ4n) is 0.645. The molecular weight excluding hydrogens is 209 g/mol. The van der Waals surface area contributed by atoms with Crippen LogP contribution in [0.25, 0.3) is 0 Å². The first-order valence-electron chi connectivity index (χ1n) is 3.56. The van der Waals surface area contributed by atoms with Crippen molar-refractivity contribution in [1.82, 2.24) is 0 Å². The van der Waals surface area contributed by atoms with Gasteiger partial charge in [-0.25, -0.2) is 10.1 Å². The van der Waals surface area contributed by atoms with Gasteiger partial charge in [-0.3, -0.25) is 0 Å². The zero-order chi connectivity index (χ0) is 11.2. The molecule has 0 saturated carbocycles. The van der Waals surface area contributed by atoms with Crippen molar-refractivity contribution >= 4 is 7.75 Å². The molecule has 0 fully saturated rings. The molecule has 14 heavy (non-hydrogen) atoms. The van der Waals surface area contributed by atoms with E-state index < -0.39 is 7.75 Å². The molecule has 0 radical (unpaired) electrons. The SMILES string of the molecule is NP(=O)(O)O.OCc1ccccc1O. The maximum atomic E-state index is 9.10. The predicted octanol–water partition coefficient (Wildman–Crippen LogP) is -0.0777. The normalized spacial score (nSPS) is 10.3. The lowest BCUT2D eigenvalue weighted by Gasteiger charge is -1.96. The van der Waals surface area contributed by atoms with Crippen molar-refractivity contribution in [2.75, 3.05) is 0 Å². The van der Waals surface area contributed by atoms with E-state index in [9.17, 15) is 0 Å². The Labute approximate surface area is 80.8 Å². The number of benzene rings is 1. The van der Waals surface area contributed by atoms with Gasteiger partial charge in [0.1, 0.15) is 5.75 Å². The highest BCUT2D eigenvalue weighted by atomic mass is 31.2. The van der Waals surface area contributed by atoms with Gasteiger partial charge < -0.3 is 20.0 Å². The topological polar surface area (TPSA) is 124 Å². The van der Waals surface area contributed by atoms with Crippen molar-refractivity contribution in [3.8, 4) is 5.75 Å². The average Bonchev–Trinajstić information content (AvgIpc) is 2.02. The summed E-state index contributed by atoms with van der Waals surface area (Å²) in [6.07, 6.45) is 0. The van der Waals surface area contributed by atoms with Gasteiger partial charge in [-0.15, -0.1) is 0 Å². The smallest absolute Gasteiger partial charge is 0.397 e. The number of phenols is 1. The number of aromatic hydroxyl groups is 1. The Hall–Kier alpha value is -0.910. The molecule has 0 aliphatic carbocycles. The molecule has 0 aliphatic rings. The van der Waals surface area contributed by atoms with Crippen LogP contribution < -0.4 is 5.50 Å². The van der Waals surface area contributed by atoms with E-state index in [-0.39, 0.29) is 12.4 Å². The molecule has 0 atom stereocenters. The van der Waals surface area contributed by atoms with E-state index in [4.69, 9.17) is 24.6 Å². The third-order valence-electron chi connectivity index (χ3n) is 1.16. The van der Waals surface area contributed by atoms with Crippen LogP contribution in [0.2, 0.25) is 0 Å². The summed E-state index contributed by atoms with van der Waals surface area (Å²) in [6.45, 7) is -0.104. The number of nitrogens with two attached hydrogens (primary N) is 1. The second-order valence-corrected chi connectivity index (χ2v) is 3.55. The lowest BCUT2D eigenvalue weighted by atomic mass is 10.2. The van der Waals surface area contributed by atoms with Gasteiger partial charge in [0.2, 0.25) is 0 Å². The molecule has 0 heterocycles. The molecule has 1 rings (SSSR count). The minimum absolute atomic E-state index is 0.104. The van der Waals surface area contributed by atoms with Crippen molar-refractivity contribution in [1.29, 1.82) is 0 Å². The summed E-state index contributed by atoms with van der Waals surface area (Å²) in [5.74, 6) is 0.153. The molecule has 0 aliphatic heterocycles. The maximum absolute atomic E-state index is 9.10. The summed E-state index contributed by atoms with van der Waals surface area (Å²) in [7, 11) is -4.14. The summed E-state index contributed by atoms with van der Waals surface area (Å²) >= 11 is 0. The van der Waals surface area contributed by atoms with Gasteiger partial charge in [-0.2, -0.15) is 0 Å². The summed E-state index contributed by atoms with van der Waals surface area (Å²) in [6, 6.07) is 6.71. The molecule has 0 aromatic heterocycles. The number of hydrogen-bond donors (Lipinski definition) is 5. The Bertz CT molecular complexity index is 315. The van der Waals surface area contributed by atoms with Crippen molar-refractivity contribution in [3.05, 3.63) is 29.8 Å².